The Morgan fingerprint density at radius 2 is 2.44 bits per heavy atom. The lowest BCUT2D eigenvalue weighted by atomic mass is 10.6. The summed E-state index contributed by atoms with van der Waals surface area (Å²) in [6.07, 6.45) is 1.46. The Labute approximate surface area is 60.5 Å². The summed E-state index contributed by atoms with van der Waals surface area (Å²) in [5, 5.41) is 0. The molecule has 0 spiro atoms. The van der Waals surface area contributed by atoms with Crippen molar-refractivity contribution in [1.82, 2.24) is 9.55 Å². The summed E-state index contributed by atoms with van der Waals surface area (Å²) in [5.41, 5.74) is -0.222. The highest BCUT2D eigenvalue weighted by molar-refractivity contribution is 9.10. The highest BCUT2D eigenvalue weighted by Crippen LogP contribution is 2.00. The molecule has 0 radical (unpaired) electrons. The maximum Gasteiger partial charge on any atom is 0.273 e. The van der Waals surface area contributed by atoms with Crippen LogP contribution in [-0.4, -0.2) is 9.55 Å². The Morgan fingerprint density at radius 1 is 1.78 bits per heavy atom. The fourth-order valence-electron chi connectivity index (χ4n) is 0.440. The second-order valence-electron chi connectivity index (χ2n) is 1.66. The van der Waals surface area contributed by atoms with Crippen molar-refractivity contribution in [2.24, 2.45) is 7.05 Å². The van der Waals surface area contributed by atoms with Gasteiger partial charge < -0.3 is 4.57 Å². The number of aromatic nitrogens is 2. The van der Waals surface area contributed by atoms with Gasteiger partial charge in [0.2, 0.25) is 0 Å². The first kappa shape index (κ1) is 6.48. The van der Waals surface area contributed by atoms with E-state index in [9.17, 15) is 4.79 Å². The highest BCUT2D eigenvalue weighted by Gasteiger charge is 1.89. The Morgan fingerprint density at radius 3 is 2.89 bits per heavy atom. The van der Waals surface area contributed by atoms with Gasteiger partial charge in [-0.25, -0.2) is 0 Å². The third-order valence-corrected chi connectivity index (χ3v) is 1.73. The van der Waals surface area contributed by atoms with Gasteiger partial charge in [-0.05, 0) is 15.9 Å². The lowest BCUT2D eigenvalue weighted by Crippen LogP contribution is -2.07. The number of hydrogen-bond acceptors (Lipinski definition) is 2. The molecule has 0 unspecified atom stereocenters. The first-order valence-electron chi connectivity index (χ1n) is 2.38. The molecule has 0 aliphatic heterocycles. The van der Waals surface area contributed by atoms with Crippen molar-refractivity contribution in [3.8, 4) is 0 Å². The van der Waals surface area contributed by atoms with Crippen molar-refractivity contribution in [2.45, 2.75) is 0 Å². The van der Waals surface area contributed by atoms with Gasteiger partial charge in [-0.3, -0.25) is 4.79 Å². The van der Waals surface area contributed by atoms with Gasteiger partial charge in [-0.1, -0.05) is 0 Å². The molecule has 0 aliphatic rings. The van der Waals surface area contributed by atoms with Crippen molar-refractivity contribution in [1.29, 1.82) is 0 Å². The van der Waals surface area contributed by atoms with Crippen LogP contribution in [0, 0.1) is 0 Å². The maximum absolute atomic E-state index is 10.5. The summed E-state index contributed by atoms with van der Waals surface area (Å²) in [6, 6.07) is 1.42. The van der Waals surface area contributed by atoms with Crippen LogP contribution in [0.25, 0.3) is 0 Å². The third kappa shape index (κ3) is 1.38. The van der Waals surface area contributed by atoms with Crippen LogP contribution in [0.15, 0.2) is 21.8 Å². The van der Waals surface area contributed by atoms with Gasteiger partial charge in [0.05, 0.1) is 10.9 Å². The van der Waals surface area contributed by atoms with Crippen molar-refractivity contribution in [3.05, 3.63) is 27.4 Å². The maximum atomic E-state index is 10.5. The monoisotopic (exact) mass is 188 g/mol. The fraction of sp³-hybridized carbons (Fsp3) is 0.200. The molecule has 3 nitrogen and oxygen atoms in total. The van der Waals surface area contributed by atoms with Crippen LogP contribution in [0.2, 0.25) is 0 Å². The van der Waals surface area contributed by atoms with Crippen molar-refractivity contribution in [2.75, 3.05) is 0 Å². The average Bonchev–Trinajstić information content (AvgIpc) is 1.80. The summed E-state index contributed by atoms with van der Waals surface area (Å²) in [6.45, 7) is 0. The molecule has 0 saturated heterocycles. The Kier molecular flexibility index (Phi) is 1.66. The molecule has 0 fully saturated rings. The third-order valence-electron chi connectivity index (χ3n) is 0.938. The molecule has 48 valence electrons. The van der Waals surface area contributed by atoms with E-state index in [0.29, 0.717) is 0 Å². The summed E-state index contributed by atoms with van der Waals surface area (Å²) in [4.78, 5) is 14.0. The predicted molar refractivity (Wildman–Crippen MR) is 37.2 cm³/mol. The minimum absolute atomic E-state index is 0.222. The first-order chi connectivity index (χ1) is 4.20. The van der Waals surface area contributed by atoms with Crippen LogP contribution in [0.4, 0.5) is 0 Å². The minimum Gasteiger partial charge on any atom is -0.330 e. The highest BCUT2D eigenvalue weighted by atomic mass is 79.9. The van der Waals surface area contributed by atoms with E-state index in [1.165, 1.54) is 12.4 Å². The van der Waals surface area contributed by atoms with Gasteiger partial charge in [0.1, 0.15) is 0 Å². The van der Waals surface area contributed by atoms with Gasteiger partial charge >= 0.3 is 0 Å². The largest absolute Gasteiger partial charge is 0.330 e. The molecule has 0 bridgehead atoms. The van der Waals surface area contributed by atoms with E-state index in [0.717, 1.165) is 4.60 Å². The summed E-state index contributed by atoms with van der Waals surface area (Å²) in [7, 11) is 1.80. The number of rotatable bonds is 0. The zero-order valence-corrected chi connectivity index (χ0v) is 6.42. The van der Waals surface area contributed by atoms with E-state index in [-0.39, 0.29) is 5.56 Å². The minimum atomic E-state index is -0.222. The molecular formula is C5H5BrN2O. The molecule has 1 aromatic rings. The molecular weight excluding hydrogens is 184 g/mol. The Bertz CT molecular complexity index is 268. The van der Waals surface area contributed by atoms with E-state index in [1.807, 2.05) is 0 Å². The number of nitrogens with zero attached hydrogens (tertiary/aromatic N) is 2. The second kappa shape index (κ2) is 2.31. The lowest BCUT2D eigenvalue weighted by molar-refractivity contribution is 0.828. The SMILES string of the molecule is Cn1cnc(=O)cc1Br. The van der Waals surface area contributed by atoms with E-state index < -0.39 is 0 Å². The summed E-state index contributed by atoms with van der Waals surface area (Å²) in [5.74, 6) is 0. The zero-order valence-electron chi connectivity index (χ0n) is 4.84. The lowest BCUT2D eigenvalue weighted by Gasteiger charge is -1.96. The van der Waals surface area contributed by atoms with Crippen LogP contribution in [-0.2, 0) is 7.05 Å². The molecule has 9 heavy (non-hydrogen) atoms. The number of halogens is 1. The van der Waals surface area contributed by atoms with Gasteiger partial charge in [0.15, 0.2) is 0 Å². The van der Waals surface area contributed by atoms with Crippen molar-refractivity contribution >= 4 is 15.9 Å². The molecule has 0 N–H and O–H groups in total. The molecule has 0 aromatic carbocycles. The van der Waals surface area contributed by atoms with Crippen LogP contribution in [0.1, 0.15) is 0 Å². The first-order valence-corrected chi connectivity index (χ1v) is 3.17. The fourth-order valence-corrected chi connectivity index (χ4v) is 0.727. The smallest absolute Gasteiger partial charge is 0.273 e. The van der Waals surface area contributed by atoms with E-state index in [1.54, 1.807) is 11.6 Å². The predicted octanol–water partition coefficient (Wildman–Crippen LogP) is 0.543. The normalized spacial score (nSPS) is 9.56. The van der Waals surface area contributed by atoms with E-state index in [2.05, 4.69) is 20.9 Å². The van der Waals surface area contributed by atoms with Crippen LogP contribution >= 0.6 is 15.9 Å². The van der Waals surface area contributed by atoms with Gasteiger partial charge in [-0.15, -0.1) is 0 Å². The molecule has 1 rings (SSSR count). The van der Waals surface area contributed by atoms with Gasteiger partial charge in [-0.2, -0.15) is 4.98 Å². The molecule has 1 heterocycles. The number of aryl methyl sites for hydroxylation is 1. The molecule has 0 saturated carbocycles. The summed E-state index contributed by atoms with van der Waals surface area (Å²) < 4.78 is 2.45. The molecule has 1 aromatic heterocycles. The second-order valence-corrected chi connectivity index (χ2v) is 2.47. The quantitative estimate of drug-likeness (QED) is 0.558. The summed E-state index contributed by atoms with van der Waals surface area (Å²) >= 11 is 3.17. The topological polar surface area (TPSA) is 34.9 Å². The van der Waals surface area contributed by atoms with Gasteiger partial charge in [0, 0.05) is 13.1 Å². The standard InChI is InChI=1S/C5H5BrN2O/c1-8-3-7-5(9)2-4(8)6/h2-3H,1H3. The molecule has 0 amide bonds. The molecule has 4 heteroatoms. The van der Waals surface area contributed by atoms with Crippen LogP contribution < -0.4 is 5.56 Å². The van der Waals surface area contributed by atoms with Gasteiger partial charge in [0.25, 0.3) is 5.56 Å². The van der Waals surface area contributed by atoms with E-state index in [4.69, 9.17) is 0 Å². The average molecular weight is 189 g/mol. The zero-order chi connectivity index (χ0) is 6.85. The van der Waals surface area contributed by atoms with Crippen LogP contribution in [0.3, 0.4) is 0 Å². The van der Waals surface area contributed by atoms with Crippen molar-refractivity contribution in [3.63, 3.8) is 0 Å². The van der Waals surface area contributed by atoms with Crippen molar-refractivity contribution < 1.29 is 0 Å². The van der Waals surface area contributed by atoms with E-state index >= 15 is 0 Å². The Balaban J connectivity index is 3.34. The molecule has 0 atom stereocenters. The Hall–Kier alpha value is -0.640. The molecule has 0 aliphatic carbocycles. The number of hydrogen-bond donors (Lipinski definition) is 0. The van der Waals surface area contributed by atoms with Crippen LogP contribution in [0.5, 0.6) is 0 Å².